The first kappa shape index (κ1) is 15.9. The summed E-state index contributed by atoms with van der Waals surface area (Å²) in [6.45, 7) is 0. The fourth-order valence-electron chi connectivity index (χ4n) is 2.83. The van der Waals surface area contributed by atoms with Gasteiger partial charge in [-0.1, -0.05) is 72.8 Å². The van der Waals surface area contributed by atoms with Crippen molar-refractivity contribution in [1.29, 1.82) is 0 Å². The highest BCUT2D eigenvalue weighted by Gasteiger charge is 2.25. The topological polar surface area (TPSA) is 43.4 Å². The van der Waals surface area contributed by atoms with Gasteiger partial charge in [0.25, 0.3) is 0 Å². The Kier molecular flexibility index (Phi) is 4.71. The lowest BCUT2D eigenvalue weighted by Gasteiger charge is -2.15. The molecule has 0 fully saturated rings. The van der Waals surface area contributed by atoms with Crippen LogP contribution in [0.25, 0.3) is 10.8 Å². The Morgan fingerprint density at radius 1 is 0.875 bits per heavy atom. The molecule has 0 saturated carbocycles. The highest BCUT2D eigenvalue weighted by molar-refractivity contribution is 5.99. The van der Waals surface area contributed by atoms with Crippen LogP contribution in [-0.2, 0) is 9.53 Å². The van der Waals surface area contributed by atoms with Crippen LogP contribution >= 0.6 is 0 Å². The lowest BCUT2D eigenvalue weighted by atomic mass is 9.90. The van der Waals surface area contributed by atoms with E-state index in [-0.39, 0.29) is 12.2 Å². The number of rotatable bonds is 5. The van der Waals surface area contributed by atoms with Crippen LogP contribution in [0.15, 0.2) is 72.8 Å². The standard InChI is InChI=1S/C21H18O3/c1-24-21(23)19(14-20(22)16-8-3-2-4-9-16)18-12-11-15-7-5-6-10-17(15)13-18/h2-13,19H,14H2,1H3. The van der Waals surface area contributed by atoms with Crippen LogP contribution in [0.5, 0.6) is 0 Å². The van der Waals surface area contributed by atoms with Gasteiger partial charge in [-0.05, 0) is 16.3 Å². The van der Waals surface area contributed by atoms with E-state index in [0.717, 1.165) is 16.3 Å². The second-order valence-corrected chi connectivity index (χ2v) is 5.68. The first-order valence-electron chi connectivity index (χ1n) is 7.84. The first-order chi connectivity index (χ1) is 11.7. The molecule has 24 heavy (non-hydrogen) atoms. The van der Waals surface area contributed by atoms with Gasteiger partial charge in [0.1, 0.15) is 0 Å². The van der Waals surface area contributed by atoms with E-state index >= 15 is 0 Å². The minimum absolute atomic E-state index is 0.0702. The zero-order valence-corrected chi connectivity index (χ0v) is 13.4. The van der Waals surface area contributed by atoms with Crippen LogP contribution in [0, 0.1) is 0 Å². The number of ether oxygens (including phenoxy) is 1. The molecular weight excluding hydrogens is 300 g/mol. The molecule has 3 nitrogen and oxygen atoms in total. The molecule has 0 amide bonds. The van der Waals surface area contributed by atoms with E-state index in [1.165, 1.54) is 7.11 Å². The van der Waals surface area contributed by atoms with Gasteiger partial charge < -0.3 is 4.74 Å². The summed E-state index contributed by atoms with van der Waals surface area (Å²) in [4.78, 5) is 24.7. The minimum Gasteiger partial charge on any atom is -0.469 e. The molecule has 3 rings (SSSR count). The van der Waals surface area contributed by atoms with Crippen molar-refractivity contribution in [2.24, 2.45) is 0 Å². The largest absolute Gasteiger partial charge is 0.469 e. The Morgan fingerprint density at radius 2 is 1.54 bits per heavy atom. The lowest BCUT2D eigenvalue weighted by molar-refractivity contribution is -0.142. The van der Waals surface area contributed by atoms with E-state index in [4.69, 9.17) is 4.74 Å². The van der Waals surface area contributed by atoms with E-state index in [1.807, 2.05) is 60.7 Å². The number of carbonyl (C=O) groups is 2. The van der Waals surface area contributed by atoms with Gasteiger partial charge in [0.15, 0.2) is 5.78 Å². The Bertz CT molecular complexity index is 868. The molecule has 3 heteroatoms. The van der Waals surface area contributed by atoms with Gasteiger partial charge >= 0.3 is 5.97 Å². The molecular formula is C21H18O3. The Balaban J connectivity index is 1.93. The summed E-state index contributed by atoms with van der Waals surface area (Å²) in [5.41, 5.74) is 1.40. The Morgan fingerprint density at radius 3 is 2.25 bits per heavy atom. The number of benzene rings is 3. The maximum atomic E-state index is 12.5. The first-order valence-corrected chi connectivity index (χ1v) is 7.84. The van der Waals surface area contributed by atoms with Crippen molar-refractivity contribution in [2.75, 3.05) is 7.11 Å². The van der Waals surface area contributed by atoms with Crippen LogP contribution in [-0.4, -0.2) is 18.9 Å². The van der Waals surface area contributed by atoms with Gasteiger partial charge in [0.2, 0.25) is 0 Å². The van der Waals surface area contributed by atoms with Crippen LogP contribution in [0.2, 0.25) is 0 Å². The van der Waals surface area contributed by atoms with Crippen molar-refractivity contribution in [1.82, 2.24) is 0 Å². The summed E-state index contributed by atoms with van der Waals surface area (Å²) in [7, 11) is 1.35. The third-order valence-electron chi connectivity index (χ3n) is 4.15. The van der Waals surface area contributed by atoms with Gasteiger partial charge in [-0.3, -0.25) is 9.59 Å². The number of fused-ring (bicyclic) bond motifs is 1. The van der Waals surface area contributed by atoms with Crippen molar-refractivity contribution < 1.29 is 14.3 Å². The molecule has 0 aliphatic carbocycles. The highest BCUT2D eigenvalue weighted by atomic mass is 16.5. The van der Waals surface area contributed by atoms with Crippen molar-refractivity contribution in [3.8, 4) is 0 Å². The van der Waals surface area contributed by atoms with Crippen LogP contribution in [0.3, 0.4) is 0 Å². The monoisotopic (exact) mass is 318 g/mol. The van der Waals surface area contributed by atoms with Crippen molar-refractivity contribution in [2.45, 2.75) is 12.3 Å². The second kappa shape index (κ2) is 7.09. The zero-order valence-electron chi connectivity index (χ0n) is 13.4. The van der Waals surface area contributed by atoms with Gasteiger partial charge in [0, 0.05) is 12.0 Å². The molecule has 0 saturated heterocycles. The number of hydrogen-bond donors (Lipinski definition) is 0. The number of carbonyl (C=O) groups excluding carboxylic acids is 2. The van der Waals surface area contributed by atoms with Crippen LogP contribution < -0.4 is 0 Å². The molecule has 0 N–H and O–H groups in total. The maximum Gasteiger partial charge on any atom is 0.313 e. The number of Topliss-reactive ketones (excluding diaryl/α,β-unsaturated/α-hetero) is 1. The van der Waals surface area contributed by atoms with E-state index in [2.05, 4.69) is 0 Å². The third-order valence-corrected chi connectivity index (χ3v) is 4.15. The Labute approximate surface area is 140 Å². The molecule has 0 heterocycles. The van der Waals surface area contributed by atoms with E-state index in [0.29, 0.717) is 5.56 Å². The molecule has 0 radical (unpaired) electrons. The molecule has 1 atom stereocenters. The van der Waals surface area contributed by atoms with Gasteiger partial charge in [0.05, 0.1) is 13.0 Å². The number of hydrogen-bond acceptors (Lipinski definition) is 3. The quantitative estimate of drug-likeness (QED) is 0.518. The molecule has 1 unspecified atom stereocenters. The molecule has 0 aliphatic heterocycles. The molecule has 120 valence electrons. The fraction of sp³-hybridized carbons (Fsp3) is 0.143. The SMILES string of the molecule is COC(=O)C(CC(=O)c1ccccc1)c1ccc2ccccc2c1. The Hall–Kier alpha value is -2.94. The number of methoxy groups -OCH3 is 1. The molecule has 3 aromatic rings. The average molecular weight is 318 g/mol. The summed E-state index contributed by atoms with van der Waals surface area (Å²) >= 11 is 0. The maximum absolute atomic E-state index is 12.5. The third kappa shape index (κ3) is 3.35. The predicted octanol–water partition coefficient (Wildman–Crippen LogP) is 4.37. The van der Waals surface area contributed by atoms with Crippen LogP contribution in [0.1, 0.15) is 28.3 Å². The van der Waals surface area contributed by atoms with Crippen molar-refractivity contribution in [3.63, 3.8) is 0 Å². The van der Waals surface area contributed by atoms with Gasteiger partial charge in [-0.2, -0.15) is 0 Å². The second-order valence-electron chi connectivity index (χ2n) is 5.68. The summed E-state index contributed by atoms with van der Waals surface area (Å²) < 4.78 is 4.92. The van der Waals surface area contributed by atoms with Crippen LogP contribution in [0.4, 0.5) is 0 Å². The molecule has 3 aromatic carbocycles. The van der Waals surface area contributed by atoms with Gasteiger partial charge in [-0.25, -0.2) is 0 Å². The number of esters is 1. The minimum atomic E-state index is -0.604. The van der Waals surface area contributed by atoms with E-state index in [9.17, 15) is 9.59 Å². The zero-order chi connectivity index (χ0) is 16.9. The van der Waals surface area contributed by atoms with Crippen molar-refractivity contribution in [3.05, 3.63) is 83.9 Å². The molecule has 0 aliphatic rings. The predicted molar refractivity (Wildman–Crippen MR) is 94.1 cm³/mol. The highest BCUT2D eigenvalue weighted by Crippen LogP contribution is 2.27. The average Bonchev–Trinajstić information content (AvgIpc) is 2.65. The number of ketones is 1. The van der Waals surface area contributed by atoms with Crippen molar-refractivity contribution >= 4 is 22.5 Å². The summed E-state index contributed by atoms with van der Waals surface area (Å²) in [6, 6.07) is 22.8. The van der Waals surface area contributed by atoms with E-state index in [1.54, 1.807) is 12.1 Å². The smallest absolute Gasteiger partial charge is 0.313 e. The van der Waals surface area contributed by atoms with Gasteiger partial charge in [-0.15, -0.1) is 0 Å². The fourth-order valence-corrected chi connectivity index (χ4v) is 2.83. The molecule has 0 aromatic heterocycles. The summed E-state index contributed by atoms with van der Waals surface area (Å²) in [6.07, 6.45) is 0.0923. The molecule has 0 spiro atoms. The summed E-state index contributed by atoms with van der Waals surface area (Å²) in [5.74, 6) is -1.07. The van der Waals surface area contributed by atoms with E-state index < -0.39 is 11.9 Å². The summed E-state index contributed by atoms with van der Waals surface area (Å²) in [5, 5.41) is 2.13. The lowest BCUT2D eigenvalue weighted by Crippen LogP contribution is -2.18. The normalized spacial score (nSPS) is 11.9. The molecule has 0 bridgehead atoms.